The summed E-state index contributed by atoms with van der Waals surface area (Å²) in [7, 11) is -3.66. The van der Waals surface area contributed by atoms with Crippen molar-refractivity contribution in [1.29, 1.82) is 0 Å². The van der Waals surface area contributed by atoms with Gasteiger partial charge in [-0.1, -0.05) is 60.7 Å². The monoisotopic (exact) mass is 466 g/mol. The molecule has 6 nitrogen and oxygen atoms in total. The molecular weight excluding hydrogens is 436 g/mol. The first-order valence-corrected chi connectivity index (χ1v) is 12.6. The molecule has 0 spiro atoms. The molecule has 0 radical (unpaired) electrons. The number of sulfonamides is 1. The molecule has 0 aromatic heterocycles. The summed E-state index contributed by atoms with van der Waals surface area (Å²) in [6.45, 7) is 3.94. The Morgan fingerprint density at radius 2 is 1.42 bits per heavy atom. The largest absolute Gasteiger partial charge is 0.489 e. The third-order valence-corrected chi connectivity index (χ3v) is 6.17. The Morgan fingerprint density at radius 3 is 1.97 bits per heavy atom. The summed E-state index contributed by atoms with van der Waals surface area (Å²) in [5, 5.41) is 2.96. The standard InChI is InChI=1S/C26H30N2O4S/c1-26(2,18-21-10-6-4-7-11-21)27-25(29)19-28(33(3,30)31)23-14-16-24(17-15-23)32-20-22-12-8-5-9-13-22/h4-17H,18-20H2,1-3H3,(H,27,29). The number of nitrogens with one attached hydrogen (secondary N) is 1. The van der Waals surface area contributed by atoms with E-state index >= 15 is 0 Å². The van der Waals surface area contributed by atoms with Crippen molar-refractivity contribution in [1.82, 2.24) is 5.32 Å². The van der Waals surface area contributed by atoms with Crippen LogP contribution in [0.3, 0.4) is 0 Å². The fraction of sp³-hybridized carbons (Fsp3) is 0.269. The number of carbonyl (C=O) groups excluding carboxylic acids is 1. The van der Waals surface area contributed by atoms with E-state index in [9.17, 15) is 13.2 Å². The molecule has 0 atom stereocenters. The van der Waals surface area contributed by atoms with Gasteiger partial charge in [0.05, 0.1) is 11.9 Å². The Morgan fingerprint density at radius 1 is 0.879 bits per heavy atom. The third kappa shape index (κ3) is 7.64. The Kier molecular flexibility index (Phi) is 7.76. The lowest BCUT2D eigenvalue weighted by atomic mass is 9.95. The lowest BCUT2D eigenvalue weighted by molar-refractivity contribution is -0.121. The SMILES string of the molecule is CC(C)(Cc1ccccc1)NC(=O)CN(c1ccc(OCc2ccccc2)cc1)S(C)(=O)=O. The molecule has 1 N–H and O–H groups in total. The Hall–Kier alpha value is -3.32. The maximum absolute atomic E-state index is 12.8. The molecule has 3 aromatic carbocycles. The number of benzene rings is 3. The van der Waals surface area contributed by atoms with E-state index in [0.717, 1.165) is 21.7 Å². The number of hydrogen-bond donors (Lipinski definition) is 1. The highest BCUT2D eigenvalue weighted by molar-refractivity contribution is 7.92. The number of carbonyl (C=O) groups is 1. The molecule has 0 saturated heterocycles. The lowest BCUT2D eigenvalue weighted by Gasteiger charge is -2.29. The van der Waals surface area contributed by atoms with Crippen LogP contribution in [0.25, 0.3) is 0 Å². The van der Waals surface area contributed by atoms with Gasteiger partial charge in [0, 0.05) is 5.54 Å². The zero-order chi connectivity index (χ0) is 23.9. The van der Waals surface area contributed by atoms with Crippen molar-refractivity contribution in [3.63, 3.8) is 0 Å². The van der Waals surface area contributed by atoms with E-state index in [2.05, 4.69) is 5.32 Å². The average molecular weight is 467 g/mol. The molecular formula is C26H30N2O4S. The van der Waals surface area contributed by atoms with E-state index in [1.165, 1.54) is 0 Å². The number of nitrogens with zero attached hydrogens (tertiary/aromatic N) is 1. The molecule has 0 aliphatic carbocycles. The lowest BCUT2D eigenvalue weighted by Crippen LogP contribution is -2.50. The second-order valence-corrected chi connectivity index (χ2v) is 10.5. The van der Waals surface area contributed by atoms with Crippen molar-refractivity contribution in [3.8, 4) is 5.75 Å². The summed E-state index contributed by atoms with van der Waals surface area (Å²) in [4.78, 5) is 12.8. The number of amides is 1. The molecule has 3 rings (SSSR count). The van der Waals surface area contributed by atoms with E-state index in [-0.39, 0.29) is 12.5 Å². The third-order valence-electron chi connectivity index (χ3n) is 5.03. The van der Waals surface area contributed by atoms with Crippen LogP contribution in [0.1, 0.15) is 25.0 Å². The molecule has 33 heavy (non-hydrogen) atoms. The predicted molar refractivity (Wildman–Crippen MR) is 132 cm³/mol. The molecule has 174 valence electrons. The van der Waals surface area contributed by atoms with Gasteiger partial charge in [-0.05, 0) is 55.7 Å². The minimum Gasteiger partial charge on any atom is -0.489 e. The van der Waals surface area contributed by atoms with Crippen molar-refractivity contribution in [3.05, 3.63) is 96.1 Å². The molecule has 1 amide bonds. The minimum atomic E-state index is -3.66. The summed E-state index contributed by atoms with van der Waals surface area (Å²) in [5.41, 5.74) is 2.00. The van der Waals surface area contributed by atoms with Gasteiger partial charge in [0.15, 0.2) is 0 Å². The molecule has 0 saturated carbocycles. The van der Waals surface area contributed by atoms with E-state index < -0.39 is 15.6 Å². The van der Waals surface area contributed by atoms with E-state index in [1.807, 2.05) is 74.5 Å². The van der Waals surface area contributed by atoms with Crippen molar-refractivity contribution in [2.45, 2.75) is 32.4 Å². The van der Waals surface area contributed by atoms with Crippen molar-refractivity contribution in [2.24, 2.45) is 0 Å². The van der Waals surface area contributed by atoms with Crippen molar-refractivity contribution in [2.75, 3.05) is 17.1 Å². The van der Waals surface area contributed by atoms with Gasteiger partial charge < -0.3 is 10.1 Å². The van der Waals surface area contributed by atoms with Gasteiger partial charge in [-0.2, -0.15) is 0 Å². The van der Waals surface area contributed by atoms with Crippen molar-refractivity contribution < 1.29 is 17.9 Å². The Balaban J connectivity index is 1.65. The number of ether oxygens (including phenoxy) is 1. The first-order valence-electron chi connectivity index (χ1n) is 10.7. The minimum absolute atomic E-state index is 0.304. The maximum Gasteiger partial charge on any atom is 0.241 e. The molecule has 0 aliphatic rings. The highest BCUT2D eigenvalue weighted by atomic mass is 32.2. The molecule has 0 unspecified atom stereocenters. The highest BCUT2D eigenvalue weighted by Gasteiger charge is 2.25. The van der Waals surface area contributed by atoms with Crippen LogP contribution in [0.2, 0.25) is 0 Å². The summed E-state index contributed by atoms with van der Waals surface area (Å²) >= 11 is 0. The van der Waals surface area contributed by atoms with Gasteiger partial charge in [0.1, 0.15) is 18.9 Å². The second kappa shape index (κ2) is 10.5. The average Bonchev–Trinajstić information content (AvgIpc) is 2.76. The summed E-state index contributed by atoms with van der Waals surface area (Å²) in [5.74, 6) is 0.246. The zero-order valence-corrected chi connectivity index (χ0v) is 20.0. The summed E-state index contributed by atoms with van der Waals surface area (Å²) in [6, 6.07) is 26.3. The quantitative estimate of drug-likeness (QED) is 0.487. The van der Waals surface area contributed by atoms with Crippen LogP contribution in [0.5, 0.6) is 5.75 Å². The van der Waals surface area contributed by atoms with Crippen LogP contribution in [-0.4, -0.2) is 32.7 Å². The van der Waals surface area contributed by atoms with Gasteiger partial charge in [0.25, 0.3) is 0 Å². The van der Waals surface area contributed by atoms with Crippen molar-refractivity contribution >= 4 is 21.6 Å². The second-order valence-electron chi connectivity index (χ2n) is 8.63. The van der Waals surface area contributed by atoms with Gasteiger partial charge in [-0.25, -0.2) is 8.42 Å². The van der Waals surface area contributed by atoms with Gasteiger partial charge in [-0.3, -0.25) is 9.10 Å². The number of rotatable bonds is 10. The molecule has 0 aliphatic heterocycles. The van der Waals surface area contributed by atoms with Crippen LogP contribution in [0.15, 0.2) is 84.9 Å². The van der Waals surface area contributed by atoms with Gasteiger partial charge >= 0.3 is 0 Å². The first kappa shape index (κ1) is 24.3. The maximum atomic E-state index is 12.8. The zero-order valence-electron chi connectivity index (χ0n) is 19.2. The Labute approximate surface area is 196 Å². The predicted octanol–water partition coefficient (Wildman–Crippen LogP) is 4.17. The van der Waals surface area contributed by atoms with Crippen LogP contribution >= 0.6 is 0 Å². The molecule has 0 heterocycles. The molecule has 0 fully saturated rings. The van der Waals surface area contributed by atoms with E-state index in [4.69, 9.17) is 4.74 Å². The van der Waals surface area contributed by atoms with E-state index in [1.54, 1.807) is 24.3 Å². The fourth-order valence-electron chi connectivity index (χ4n) is 3.55. The number of hydrogen-bond acceptors (Lipinski definition) is 4. The van der Waals surface area contributed by atoms with E-state index in [0.29, 0.717) is 24.5 Å². The van der Waals surface area contributed by atoms with Crippen LogP contribution in [0.4, 0.5) is 5.69 Å². The fourth-order valence-corrected chi connectivity index (χ4v) is 4.40. The highest BCUT2D eigenvalue weighted by Crippen LogP contribution is 2.22. The Bertz CT molecular complexity index is 1150. The smallest absolute Gasteiger partial charge is 0.241 e. The van der Waals surface area contributed by atoms with Crippen LogP contribution in [-0.2, 0) is 27.8 Å². The first-order chi connectivity index (χ1) is 15.6. The molecule has 0 bridgehead atoms. The topological polar surface area (TPSA) is 75.7 Å². The summed E-state index contributed by atoms with van der Waals surface area (Å²) in [6.07, 6.45) is 1.72. The summed E-state index contributed by atoms with van der Waals surface area (Å²) < 4.78 is 31.7. The molecule has 7 heteroatoms. The molecule has 3 aromatic rings. The van der Waals surface area contributed by atoms with Crippen LogP contribution < -0.4 is 14.4 Å². The van der Waals surface area contributed by atoms with Gasteiger partial charge in [0.2, 0.25) is 15.9 Å². The number of anilines is 1. The van der Waals surface area contributed by atoms with Gasteiger partial charge in [-0.15, -0.1) is 0 Å². The normalized spacial score (nSPS) is 11.6. The van der Waals surface area contributed by atoms with Crippen LogP contribution in [0, 0.1) is 0 Å².